The highest BCUT2D eigenvalue weighted by Gasteiger charge is 2.39. The Bertz CT molecular complexity index is 1450. The molecule has 0 spiro atoms. The highest BCUT2D eigenvalue weighted by Crippen LogP contribution is 2.35. The SMILES string of the molecule is CCOc1ccc(S(=O)(=O)N2CCCC(C(=O)N3CC(C(=O)NCc4ccccc4)Oc4ccccc43)C2)cc1. The number of benzene rings is 3. The van der Waals surface area contributed by atoms with Crippen LogP contribution in [0.2, 0.25) is 0 Å². The van der Waals surface area contributed by atoms with E-state index in [9.17, 15) is 18.0 Å². The zero-order chi connectivity index (χ0) is 28.1. The molecule has 40 heavy (non-hydrogen) atoms. The number of rotatable bonds is 8. The first-order valence-electron chi connectivity index (χ1n) is 13.5. The van der Waals surface area contributed by atoms with Gasteiger partial charge in [0.15, 0.2) is 6.10 Å². The molecule has 1 saturated heterocycles. The van der Waals surface area contributed by atoms with Crippen molar-refractivity contribution in [3.63, 3.8) is 0 Å². The van der Waals surface area contributed by atoms with Gasteiger partial charge < -0.3 is 19.7 Å². The van der Waals surface area contributed by atoms with Crippen LogP contribution in [-0.4, -0.2) is 56.9 Å². The van der Waals surface area contributed by atoms with Crippen molar-refractivity contribution in [3.05, 3.63) is 84.4 Å². The second-order valence-corrected chi connectivity index (χ2v) is 11.8. The number of anilines is 1. The summed E-state index contributed by atoms with van der Waals surface area (Å²) in [5.74, 6) is -0.0498. The standard InChI is InChI=1S/C30H33N3O6S/c1-2-38-24-14-16-25(17-15-24)40(36,37)32-18-8-11-23(20-32)30(35)33-21-28(39-27-13-7-6-12-26(27)33)29(34)31-19-22-9-4-3-5-10-22/h3-7,9-10,12-17,23,28H,2,8,11,18-21H2,1H3,(H,31,34). The van der Waals surface area contributed by atoms with E-state index in [2.05, 4.69) is 5.32 Å². The second kappa shape index (κ2) is 12.1. The van der Waals surface area contributed by atoms with Crippen LogP contribution < -0.4 is 19.7 Å². The van der Waals surface area contributed by atoms with E-state index in [-0.39, 0.29) is 29.8 Å². The van der Waals surface area contributed by atoms with Gasteiger partial charge in [0.05, 0.1) is 29.7 Å². The van der Waals surface area contributed by atoms with Crippen LogP contribution in [0.25, 0.3) is 0 Å². The van der Waals surface area contributed by atoms with Crippen LogP contribution in [0.1, 0.15) is 25.3 Å². The number of para-hydroxylation sites is 2. The van der Waals surface area contributed by atoms with E-state index >= 15 is 0 Å². The quantitative estimate of drug-likeness (QED) is 0.449. The number of nitrogens with one attached hydrogen (secondary N) is 1. The first kappa shape index (κ1) is 27.7. The Labute approximate surface area is 234 Å². The summed E-state index contributed by atoms with van der Waals surface area (Å²) in [5, 5.41) is 2.90. The zero-order valence-corrected chi connectivity index (χ0v) is 23.2. The molecule has 1 fully saturated rings. The fourth-order valence-corrected chi connectivity index (χ4v) is 6.61. The minimum atomic E-state index is -3.79. The summed E-state index contributed by atoms with van der Waals surface area (Å²) in [5.41, 5.74) is 1.53. The van der Waals surface area contributed by atoms with Crippen molar-refractivity contribution in [2.24, 2.45) is 5.92 Å². The van der Waals surface area contributed by atoms with Crippen molar-refractivity contribution in [1.29, 1.82) is 0 Å². The summed E-state index contributed by atoms with van der Waals surface area (Å²) in [6, 6.07) is 23.0. The van der Waals surface area contributed by atoms with Gasteiger partial charge in [-0.2, -0.15) is 4.31 Å². The first-order chi connectivity index (χ1) is 19.4. The van der Waals surface area contributed by atoms with Gasteiger partial charge >= 0.3 is 0 Å². The molecule has 0 aromatic heterocycles. The van der Waals surface area contributed by atoms with Gasteiger partial charge in [-0.3, -0.25) is 9.59 Å². The molecule has 2 amide bonds. The van der Waals surface area contributed by atoms with Crippen LogP contribution in [-0.2, 0) is 26.2 Å². The highest BCUT2D eigenvalue weighted by atomic mass is 32.2. The van der Waals surface area contributed by atoms with Gasteiger partial charge in [-0.1, -0.05) is 42.5 Å². The van der Waals surface area contributed by atoms with Crippen LogP contribution in [0, 0.1) is 5.92 Å². The third-order valence-corrected chi connectivity index (χ3v) is 9.03. The lowest BCUT2D eigenvalue weighted by molar-refractivity contribution is -0.129. The van der Waals surface area contributed by atoms with Crippen molar-refractivity contribution >= 4 is 27.5 Å². The van der Waals surface area contributed by atoms with Gasteiger partial charge in [0.1, 0.15) is 11.5 Å². The predicted octanol–water partition coefficient (Wildman–Crippen LogP) is 3.60. The molecule has 5 rings (SSSR count). The van der Waals surface area contributed by atoms with Crippen LogP contribution in [0.4, 0.5) is 5.69 Å². The Morgan fingerprint density at radius 2 is 1.70 bits per heavy atom. The lowest BCUT2D eigenvalue weighted by atomic mass is 9.97. The number of hydrogen-bond donors (Lipinski definition) is 1. The molecule has 210 valence electrons. The van der Waals surface area contributed by atoms with Crippen LogP contribution >= 0.6 is 0 Å². The Morgan fingerprint density at radius 3 is 2.45 bits per heavy atom. The van der Waals surface area contributed by atoms with Gasteiger partial charge in [-0.15, -0.1) is 0 Å². The van der Waals surface area contributed by atoms with Crippen molar-refractivity contribution in [2.45, 2.75) is 37.3 Å². The lowest BCUT2D eigenvalue weighted by Crippen LogP contribution is -2.53. The minimum Gasteiger partial charge on any atom is -0.494 e. The van der Waals surface area contributed by atoms with E-state index in [1.54, 1.807) is 35.2 Å². The van der Waals surface area contributed by atoms with Crippen molar-refractivity contribution in [1.82, 2.24) is 9.62 Å². The third kappa shape index (κ3) is 5.97. The topological polar surface area (TPSA) is 105 Å². The fourth-order valence-electron chi connectivity index (χ4n) is 5.08. The van der Waals surface area contributed by atoms with Crippen LogP contribution in [0.3, 0.4) is 0 Å². The van der Waals surface area contributed by atoms with E-state index in [4.69, 9.17) is 9.47 Å². The number of carbonyl (C=O) groups is 2. The summed E-state index contributed by atoms with van der Waals surface area (Å²) in [4.78, 5) is 28.7. The molecule has 3 aromatic carbocycles. The Balaban J connectivity index is 1.31. The van der Waals surface area contributed by atoms with Crippen molar-refractivity contribution < 1.29 is 27.5 Å². The average Bonchev–Trinajstić information content (AvgIpc) is 3.00. The second-order valence-electron chi connectivity index (χ2n) is 9.83. The zero-order valence-electron chi connectivity index (χ0n) is 22.4. The van der Waals surface area contributed by atoms with Gasteiger partial charge in [0.25, 0.3) is 5.91 Å². The number of piperidine rings is 1. The molecule has 0 saturated carbocycles. The van der Waals surface area contributed by atoms with Gasteiger partial charge in [0.2, 0.25) is 15.9 Å². The number of fused-ring (bicyclic) bond motifs is 1. The van der Waals surface area contributed by atoms with E-state index in [1.807, 2.05) is 43.3 Å². The summed E-state index contributed by atoms with van der Waals surface area (Å²) < 4.78 is 39.6. The van der Waals surface area contributed by atoms with Crippen molar-refractivity contribution in [3.8, 4) is 11.5 Å². The normalized spacial score (nSPS) is 19.3. The summed E-state index contributed by atoms with van der Waals surface area (Å²) in [6.07, 6.45) is 0.216. The third-order valence-electron chi connectivity index (χ3n) is 7.15. The largest absolute Gasteiger partial charge is 0.494 e. The van der Waals surface area contributed by atoms with Gasteiger partial charge in [0, 0.05) is 19.6 Å². The molecule has 2 aliphatic heterocycles. The van der Waals surface area contributed by atoms with Crippen LogP contribution in [0.15, 0.2) is 83.8 Å². The smallest absolute Gasteiger partial charge is 0.263 e. The maximum Gasteiger partial charge on any atom is 0.263 e. The van der Waals surface area contributed by atoms with Gasteiger partial charge in [-0.25, -0.2) is 8.42 Å². The number of carbonyl (C=O) groups excluding carboxylic acids is 2. The molecule has 2 unspecified atom stereocenters. The maximum atomic E-state index is 13.9. The minimum absolute atomic E-state index is 0.0403. The highest BCUT2D eigenvalue weighted by molar-refractivity contribution is 7.89. The average molecular weight is 564 g/mol. The van der Waals surface area contributed by atoms with Crippen LogP contribution in [0.5, 0.6) is 11.5 Å². The molecular weight excluding hydrogens is 530 g/mol. The first-order valence-corrected chi connectivity index (χ1v) is 14.9. The summed E-state index contributed by atoms with van der Waals surface area (Å²) in [6.45, 7) is 3.14. The number of nitrogens with zero attached hydrogens (tertiary/aromatic N) is 2. The summed E-state index contributed by atoms with van der Waals surface area (Å²) >= 11 is 0. The lowest BCUT2D eigenvalue weighted by Gasteiger charge is -2.38. The molecule has 0 aliphatic carbocycles. The van der Waals surface area contributed by atoms with Gasteiger partial charge in [-0.05, 0) is 61.7 Å². The fraction of sp³-hybridized carbons (Fsp3) is 0.333. The van der Waals surface area contributed by atoms with E-state index < -0.39 is 22.0 Å². The predicted molar refractivity (Wildman–Crippen MR) is 151 cm³/mol. The molecule has 0 bridgehead atoms. The number of ether oxygens (including phenoxy) is 2. The molecule has 0 radical (unpaired) electrons. The van der Waals surface area contributed by atoms with E-state index in [1.165, 1.54) is 16.4 Å². The molecule has 2 atom stereocenters. The molecular formula is C30H33N3O6S. The van der Waals surface area contributed by atoms with Crippen molar-refractivity contribution in [2.75, 3.05) is 31.1 Å². The Hall–Kier alpha value is -3.89. The Kier molecular flexibility index (Phi) is 8.37. The summed E-state index contributed by atoms with van der Waals surface area (Å²) in [7, 11) is -3.79. The van der Waals surface area contributed by atoms with E-state index in [0.717, 1.165) is 5.56 Å². The molecule has 2 heterocycles. The Morgan fingerprint density at radius 1 is 0.975 bits per heavy atom. The monoisotopic (exact) mass is 563 g/mol. The van der Waals surface area contributed by atoms with E-state index in [0.29, 0.717) is 49.7 Å². The number of sulfonamides is 1. The molecule has 2 aliphatic rings. The molecule has 1 N–H and O–H groups in total. The number of amides is 2. The number of hydrogen-bond acceptors (Lipinski definition) is 6. The maximum absolute atomic E-state index is 13.9. The molecule has 3 aromatic rings. The molecule has 10 heteroatoms. The molecule has 9 nitrogen and oxygen atoms in total.